The van der Waals surface area contributed by atoms with Gasteiger partial charge in [0.1, 0.15) is 4.32 Å². The summed E-state index contributed by atoms with van der Waals surface area (Å²) in [6, 6.07) is 0. The van der Waals surface area contributed by atoms with Crippen LogP contribution in [0.2, 0.25) is 0 Å². The Kier molecular flexibility index (Phi) is 16.7. The van der Waals surface area contributed by atoms with E-state index in [1.54, 1.807) is 9.83 Å². The third-order valence-corrected chi connectivity index (χ3v) is 9.26. The molecule has 0 aliphatic rings. The number of hydrogen-bond acceptors (Lipinski definition) is 6. The third-order valence-electron chi connectivity index (χ3n) is 2.64. The molecule has 0 heterocycles. The number of unbranched alkanes of at least 4 members (excludes halogenated alkanes) is 4. The SMILES string of the molecule is CCCCCC(CCCCC)=NC(=S)SSSSC(N)=S. The van der Waals surface area contributed by atoms with Crippen molar-refractivity contribution in [2.24, 2.45) is 10.7 Å². The molecular weight excluding hydrogens is 377 g/mol. The van der Waals surface area contributed by atoms with Gasteiger partial charge in [0.2, 0.25) is 0 Å². The van der Waals surface area contributed by atoms with E-state index in [1.165, 1.54) is 75.7 Å². The van der Waals surface area contributed by atoms with E-state index in [-0.39, 0.29) is 0 Å². The van der Waals surface area contributed by atoms with Crippen molar-refractivity contribution in [2.75, 3.05) is 0 Å². The quantitative estimate of drug-likeness (QED) is 0.177. The fourth-order valence-electron chi connectivity index (χ4n) is 1.63. The summed E-state index contributed by atoms with van der Waals surface area (Å²) >= 11 is 10.1. The normalized spacial score (nSPS) is 10.4. The maximum Gasteiger partial charge on any atom is 0.171 e. The second-order valence-electron chi connectivity index (χ2n) is 4.48. The van der Waals surface area contributed by atoms with Crippen molar-refractivity contribution in [3.05, 3.63) is 0 Å². The van der Waals surface area contributed by atoms with E-state index in [2.05, 4.69) is 18.8 Å². The van der Waals surface area contributed by atoms with E-state index in [9.17, 15) is 0 Å². The maximum atomic E-state index is 5.42. The van der Waals surface area contributed by atoms with Gasteiger partial charge >= 0.3 is 0 Å². The summed E-state index contributed by atoms with van der Waals surface area (Å²) in [6.07, 6.45) is 9.61. The molecule has 0 amide bonds. The highest BCUT2D eigenvalue weighted by atomic mass is 33.7. The van der Waals surface area contributed by atoms with E-state index in [1.807, 2.05) is 0 Å². The van der Waals surface area contributed by atoms with E-state index < -0.39 is 0 Å². The minimum atomic E-state index is 0.447. The first-order valence-corrected chi connectivity index (χ1v) is 12.8. The number of rotatable bonds is 11. The molecule has 0 saturated heterocycles. The average Bonchev–Trinajstić information content (AvgIpc) is 2.43. The van der Waals surface area contributed by atoms with Gasteiger partial charge in [0, 0.05) is 5.71 Å². The van der Waals surface area contributed by atoms with Gasteiger partial charge in [0.05, 0.1) is 0 Å². The molecule has 2 nitrogen and oxygen atoms in total. The van der Waals surface area contributed by atoms with Crippen molar-refractivity contribution in [1.82, 2.24) is 0 Å². The lowest BCUT2D eigenvalue weighted by Gasteiger charge is -2.06. The molecule has 0 fully saturated rings. The van der Waals surface area contributed by atoms with E-state index >= 15 is 0 Å². The lowest BCUT2D eigenvalue weighted by atomic mass is 10.1. The first-order chi connectivity index (χ1) is 10.1. The van der Waals surface area contributed by atoms with Crippen molar-refractivity contribution in [2.45, 2.75) is 65.2 Å². The fraction of sp³-hybridized carbons (Fsp3) is 0.769. The lowest BCUT2D eigenvalue weighted by molar-refractivity contribution is 0.711. The van der Waals surface area contributed by atoms with Gasteiger partial charge in [0.25, 0.3) is 0 Å². The van der Waals surface area contributed by atoms with Crippen LogP contribution in [-0.4, -0.2) is 14.4 Å². The van der Waals surface area contributed by atoms with Crippen LogP contribution in [0.5, 0.6) is 0 Å². The Morgan fingerprint density at radius 1 is 0.905 bits per heavy atom. The molecule has 0 aromatic rings. The highest BCUT2D eigenvalue weighted by Gasteiger charge is 2.04. The number of hydrogen-bond donors (Lipinski definition) is 1. The van der Waals surface area contributed by atoms with Crippen molar-refractivity contribution in [3.63, 3.8) is 0 Å². The van der Waals surface area contributed by atoms with Crippen LogP contribution >= 0.6 is 65.7 Å². The lowest BCUT2D eigenvalue weighted by Crippen LogP contribution is -2.01. The second kappa shape index (κ2) is 15.9. The molecule has 0 spiro atoms. The molecule has 0 aromatic heterocycles. The predicted molar refractivity (Wildman–Crippen MR) is 115 cm³/mol. The fourth-order valence-corrected chi connectivity index (χ4v) is 7.39. The Hall–Kier alpha value is 1.05. The van der Waals surface area contributed by atoms with Crippen molar-refractivity contribution in [3.8, 4) is 0 Å². The molecule has 0 aliphatic heterocycles. The van der Waals surface area contributed by atoms with Gasteiger partial charge in [-0.25, -0.2) is 4.99 Å². The van der Waals surface area contributed by atoms with Gasteiger partial charge in [-0.15, -0.1) is 0 Å². The number of nitrogens with two attached hydrogens (primary N) is 1. The molecule has 0 atom stereocenters. The molecule has 0 rings (SSSR count). The zero-order chi connectivity index (χ0) is 15.9. The van der Waals surface area contributed by atoms with Crippen LogP contribution in [0.1, 0.15) is 65.2 Å². The zero-order valence-electron chi connectivity index (χ0n) is 12.6. The first-order valence-electron chi connectivity index (χ1n) is 7.17. The van der Waals surface area contributed by atoms with Crippen LogP contribution in [0.15, 0.2) is 4.99 Å². The molecule has 8 heteroatoms. The highest BCUT2D eigenvalue weighted by Crippen LogP contribution is 2.43. The molecule has 21 heavy (non-hydrogen) atoms. The summed E-state index contributed by atoms with van der Waals surface area (Å²) in [5.74, 6) is 0. The van der Waals surface area contributed by atoms with Gasteiger partial charge in [-0.2, -0.15) is 0 Å². The van der Waals surface area contributed by atoms with Crippen molar-refractivity contribution >= 4 is 80.0 Å². The van der Waals surface area contributed by atoms with Gasteiger partial charge in [-0.3, -0.25) is 0 Å². The first kappa shape index (κ1) is 22.1. The zero-order valence-corrected chi connectivity index (χ0v) is 17.5. The molecule has 0 aliphatic carbocycles. The van der Waals surface area contributed by atoms with E-state index in [0.717, 1.165) is 12.8 Å². The van der Waals surface area contributed by atoms with Crippen molar-refractivity contribution < 1.29 is 0 Å². The number of aliphatic imine (C=N–C) groups is 1. The largest absolute Gasteiger partial charge is 0.384 e. The molecule has 0 aromatic carbocycles. The predicted octanol–water partition coefficient (Wildman–Crippen LogP) is 6.79. The third kappa shape index (κ3) is 15.7. The summed E-state index contributed by atoms with van der Waals surface area (Å²) in [7, 11) is 6.00. The number of thiocarbonyl (C=S) groups is 2. The highest BCUT2D eigenvalue weighted by molar-refractivity contribution is 9.29. The van der Waals surface area contributed by atoms with Gasteiger partial charge in [0.15, 0.2) is 4.32 Å². The summed E-state index contributed by atoms with van der Waals surface area (Å²) in [4.78, 5) is 4.64. The Morgan fingerprint density at radius 3 is 1.90 bits per heavy atom. The van der Waals surface area contributed by atoms with Gasteiger partial charge in [-0.05, 0) is 79.1 Å². The van der Waals surface area contributed by atoms with E-state index in [4.69, 9.17) is 30.2 Å². The number of nitrogens with zero attached hydrogens (tertiary/aromatic N) is 1. The molecule has 2 N–H and O–H groups in total. The minimum Gasteiger partial charge on any atom is -0.384 e. The Balaban J connectivity index is 4.15. The van der Waals surface area contributed by atoms with Crippen LogP contribution in [0.25, 0.3) is 0 Å². The molecule has 0 bridgehead atoms. The Bertz CT molecular complexity index is 321. The molecule has 122 valence electrons. The second-order valence-corrected chi connectivity index (χ2v) is 11.5. The monoisotopic (exact) mass is 400 g/mol. The van der Waals surface area contributed by atoms with Gasteiger partial charge in [-0.1, -0.05) is 51.7 Å². The minimum absolute atomic E-state index is 0.447. The van der Waals surface area contributed by atoms with E-state index in [0.29, 0.717) is 8.64 Å². The average molecular weight is 401 g/mol. The van der Waals surface area contributed by atoms with Crippen molar-refractivity contribution in [1.29, 1.82) is 0 Å². The summed E-state index contributed by atoms with van der Waals surface area (Å²) in [5.41, 5.74) is 6.68. The molecular formula is C13H24N2S6. The molecule has 0 radical (unpaired) electrons. The summed E-state index contributed by atoms with van der Waals surface area (Å²) in [6.45, 7) is 4.45. The Morgan fingerprint density at radius 2 is 1.43 bits per heavy atom. The summed E-state index contributed by atoms with van der Waals surface area (Å²) < 4.78 is 1.15. The molecule has 0 saturated carbocycles. The van der Waals surface area contributed by atoms with Crippen LogP contribution in [-0.2, 0) is 0 Å². The smallest absolute Gasteiger partial charge is 0.171 e. The van der Waals surface area contributed by atoms with Crippen LogP contribution in [0.3, 0.4) is 0 Å². The summed E-state index contributed by atoms with van der Waals surface area (Å²) in [5, 5.41) is 0. The van der Waals surface area contributed by atoms with Crippen LogP contribution in [0, 0.1) is 0 Å². The standard InChI is InChI=1S/C13H24N2S6/c1-3-5-7-9-11(10-8-6-4-2)15-13(17)19-21-20-18-12(14)16/h3-10H2,1-2H3,(H2,14,16). The van der Waals surface area contributed by atoms with Crippen LogP contribution in [0.4, 0.5) is 0 Å². The van der Waals surface area contributed by atoms with Gasteiger partial charge < -0.3 is 5.73 Å². The Labute approximate surface area is 155 Å². The maximum absolute atomic E-state index is 5.42. The van der Waals surface area contributed by atoms with Crippen LogP contribution < -0.4 is 5.73 Å². The topological polar surface area (TPSA) is 38.4 Å². The molecule has 0 unspecified atom stereocenters.